The largest absolute Gasteiger partial charge is 0.508 e. The van der Waals surface area contributed by atoms with Crippen molar-refractivity contribution in [3.63, 3.8) is 0 Å². The van der Waals surface area contributed by atoms with Crippen molar-refractivity contribution in [2.45, 2.75) is 31.0 Å². The number of nitrogens with one attached hydrogen (secondary N) is 4. The van der Waals surface area contributed by atoms with Gasteiger partial charge in [-0.1, -0.05) is 12.1 Å². The van der Waals surface area contributed by atoms with E-state index in [1.54, 1.807) is 12.1 Å². The van der Waals surface area contributed by atoms with E-state index >= 15 is 0 Å². The lowest BCUT2D eigenvalue weighted by Gasteiger charge is -2.21. The summed E-state index contributed by atoms with van der Waals surface area (Å²) in [6.07, 6.45) is 3.14. The zero-order valence-electron chi connectivity index (χ0n) is 17.5. The number of carbonyl (C=O) groups is 4. The number of carboxylic acid groups (broad SMARTS) is 1. The second-order valence-corrected chi connectivity index (χ2v) is 7.18. The third-order valence-electron chi connectivity index (χ3n) is 4.58. The number of rotatable bonds is 12. The van der Waals surface area contributed by atoms with Gasteiger partial charge in [-0.05, 0) is 17.7 Å². The number of aliphatic hydroxyl groups excluding tert-OH is 1. The minimum Gasteiger partial charge on any atom is -0.508 e. The summed E-state index contributed by atoms with van der Waals surface area (Å²) in [5, 5.41) is 34.2. The van der Waals surface area contributed by atoms with Crippen molar-refractivity contribution in [2.24, 2.45) is 5.73 Å². The molecule has 0 aliphatic rings. The van der Waals surface area contributed by atoms with Gasteiger partial charge in [-0.25, -0.2) is 9.78 Å². The van der Waals surface area contributed by atoms with Crippen LogP contribution in [-0.4, -0.2) is 80.3 Å². The number of nitrogens with two attached hydrogens (primary N) is 1. The summed E-state index contributed by atoms with van der Waals surface area (Å²) in [7, 11) is 0. The maximum absolute atomic E-state index is 12.7. The molecule has 0 fully saturated rings. The highest BCUT2D eigenvalue weighted by Crippen LogP contribution is 2.11. The van der Waals surface area contributed by atoms with Crippen LogP contribution < -0.4 is 21.7 Å². The van der Waals surface area contributed by atoms with Gasteiger partial charge < -0.3 is 42.0 Å². The molecule has 3 atom stereocenters. The Bertz CT molecular complexity index is 948. The number of benzene rings is 1. The molecule has 0 bridgehead atoms. The van der Waals surface area contributed by atoms with Crippen molar-refractivity contribution in [2.75, 3.05) is 13.2 Å². The topological polar surface area (TPSA) is 220 Å². The zero-order valence-corrected chi connectivity index (χ0v) is 17.5. The number of aromatic amines is 1. The Kier molecular flexibility index (Phi) is 9.32. The SMILES string of the molecule is NC(Cc1cnc[nH]1)C(=O)NC(Cc1ccc(O)cc1)C(=O)NCC(=O)NC(CO)C(=O)O. The number of aromatic nitrogens is 2. The molecule has 0 saturated carbocycles. The number of aliphatic carboxylic acids is 1. The van der Waals surface area contributed by atoms with Crippen LogP contribution in [0.5, 0.6) is 5.75 Å². The number of imidazole rings is 1. The average Bonchev–Trinajstić information content (AvgIpc) is 3.29. The van der Waals surface area contributed by atoms with Gasteiger partial charge in [0.2, 0.25) is 17.7 Å². The second-order valence-electron chi connectivity index (χ2n) is 7.18. The summed E-state index contributed by atoms with van der Waals surface area (Å²) in [6.45, 7) is -1.40. The Morgan fingerprint density at radius 2 is 1.73 bits per heavy atom. The maximum Gasteiger partial charge on any atom is 0.328 e. The standard InChI is InChI=1S/C20H26N6O7/c21-14(6-12-7-22-10-24-12)18(30)26-15(5-11-1-3-13(28)4-2-11)19(31)23-8-17(29)25-16(9-27)20(32)33/h1-4,7,10,14-16,27-28H,5-6,8-9,21H2,(H,22,24)(H,23,31)(H,25,29)(H,26,30)(H,32,33). The van der Waals surface area contributed by atoms with Crippen molar-refractivity contribution in [1.29, 1.82) is 0 Å². The lowest BCUT2D eigenvalue weighted by atomic mass is 10.0. The first kappa shape index (κ1) is 25.3. The summed E-state index contributed by atoms with van der Waals surface area (Å²) in [6, 6.07) is 2.37. The van der Waals surface area contributed by atoms with E-state index in [1.807, 2.05) is 0 Å². The zero-order chi connectivity index (χ0) is 24.4. The van der Waals surface area contributed by atoms with Crippen molar-refractivity contribution in [1.82, 2.24) is 25.9 Å². The van der Waals surface area contributed by atoms with Gasteiger partial charge in [0.25, 0.3) is 0 Å². The monoisotopic (exact) mass is 462 g/mol. The Hall–Kier alpha value is -3.97. The Balaban J connectivity index is 2.03. The summed E-state index contributed by atoms with van der Waals surface area (Å²) in [5.41, 5.74) is 7.17. The van der Waals surface area contributed by atoms with Crippen LogP contribution in [0.1, 0.15) is 11.3 Å². The first-order valence-corrected chi connectivity index (χ1v) is 9.91. The van der Waals surface area contributed by atoms with E-state index in [4.69, 9.17) is 15.9 Å². The van der Waals surface area contributed by atoms with Gasteiger partial charge in [0.15, 0.2) is 0 Å². The molecule has 9 N–H and O–H groups in total. The van der Waals surface area contributed by atoms with E-state index < -0.39 is 55.0 Å². The molecular formula is C20H26N6O7. The molecule has 178 valence electrons. The Labute approximate surface area is 188 Å². The van der Waals surface area contributed by atoms with Crippen LogP contribution >= 0.6 is 0 Å². The van der Waals surface area contributed by atoms with Crippen molar-refractivity contribution in [3.05, 3.63) is 48.0 Å². The molecule has 1 heterocycles. The number of phenols is 1. The van der Waals surface area contributed by atoms with Gasteiger partial charge in [0, 0.05) is 24.7 Å². The van der Waals surface area contributed by atoms with E-state index in [9.17, 15) is 24.3 Å². The van der Waals surface area contributed by atoms with Crippen LogP contribution in [-0.2, 0) is 32.0 Å². The van der Waals surface area contributed by atoms with Crippen molar-refractivity contribution in [3.8, 4) is 5.75 Å². The molecule has 0 spiro atoms. The van der Waals surface area contributed by atoms with E-state index in [1.165, 1.54) is 24.7 Å². The number of H-pyrrole nitrogens is 1. The lowest BCUT2D eigenvalue weighted by molar-refractivity contribution is -0.142. The highest BCUT2D eigenvalue weighted by molar-refractivity contribution is 5.92. The first-order chi connectivity index (χ1) is 15.7. The normalized spacial score (nSPS) is 13.4. The summed E-state index contributed by atoms with van der Waals surface area (Å²) >= 11 is 0. The highest BCUT2D eigenvalue weighted by atomic mass is 16.4. The smallest absolute Gasteiger partial charge is 0.328 e. The molecule has 1 aromatic heterocycles. The molecule has 2 rings (SSSR count). The van der Waals surface area contributed by atoms with Crippen LogP contribution in [0.15, 0.2) is 36.8 Å². The van der Waals surface area contributed by atoms with E-state index in [0.29, 0.717) is 11.3 Å². The van der Waals surface area contributed by atoms with Crippen molar-refractivity contribution >= 4 is 23.7 Å². The molecular weight excluding hydrogens is 436 g/mol. The molecule has 13 heteroatoms. The Morgan fingerprint density at radius 3 is 2.30 bits per heavy atom. The predicted octanol–water partition coefficient (Wildman–Crippen LogP) is -2.61. The fourth-order valence-electron chi connectivity index (χ4n) is 2.80. The third-order valence-corrected chi connectivity index (χ3v) is 4.58. The number of amides is 3. The van der Waals surface area contributed by atoms with Crippen LogP contribution in [0, 0.1) is 0 Å². The number of aromatic hydroxyl groups is 1. The van der Waals surface area contributed by atoms with Gasteiger partial charge in [-0.3, -0.25) is 14.4 Å². The summed E-state index contributed by atoms with van der Waals surface area (Å²) < 4.78 is 0. The number of phenolic OH excluding ortho intramolecular Hbond substituents is 1. The fourth-order valence-corrected chi connectivity index (χ4v) is 2.80. The molecule has 33 heavy (non-hydrogen) atoms. The van der Waals surface area contributed by atoms with Gasteiger partial charge in [0.05, 0.1) is 25.5 Å². The molecule has 0 saturated heterocycles. The molecule has 1 aromatic carbocycles. The quantitative estimate of drug-likeness (QED) is 0.165. The molecule has 3 unspecified atom stereocenters. The number of hydrogen-bond donors (Lipinski definition) is 8. The van der Waals surface area contributed by atoms with Gasteiger partial charge in [0.1, 0.15) is 17.8 Å². The lowest BCUT2D eigenvalue weighted by Crippen LogP contribution is -2.54. The molecule has 0 aliphatic heterocycles. The number of carbonyl (C=O) groups excluding carboxylic acids is 3. The van der Waals surface area contributed by atoms with E-state index in [2.05, 4.69) is 25.9 Å². The predicted molar refractivity (Wildman–Crippen MR) is 114 cm³/mol. The van der Waals surface area contributed by atoms with Gasteiger partial charge >= 0.3 is 5.97 Å². The van der Waals surface area contributed by atoms with E-state index in [0.717, 1.165) is 0 Å². The summed E-state index contributed by atoms with van der Waals surface area (Å²) in [5.74, 6) is -3.56. The highest BCUT2D eigenvalue weighted by Gasteiger charge is 2.26. The molecule has 13 nitrogen and oxygen atoms in total. The first-order valence-electron chi connectivity index (χ1n) is 9.91. The Morgan fingerprint density at radius 1 is 1.03 bits per heavy atom. The van der Waals surface area contributed by atoms with Gasteiger partial charge in [-0.2, -0.15) is 0 Å². The molecule has 0 radical (unpaired) electrons. The van der Waals surface area contributed by atoms with Gasteiger partial charge in [-0.15, -0.1) is 0 Å². The second kappa shape index (κ2) is 12.2. The van der Waals surface area contributed by atoms with Crippen LogP contribution in [0.4, 0.5) is 0 Å². The third kappa shape index (κ3) is 8.23. The molecule has 2 aromatic rings. The summed E-state index contributed by atoms with van der Waals surface area (Å²) in [4.78, 5) is 54.7. The van der Waals surface area contributed by atoms with Crippen LogP contribution in [0.3, 0.4) is 0 Å². The number of aliphatic hydroxyl groups is 1. The maximum atomic E-state index is 12.7. The average molecular weight is 462 g/mol. The number of hydrogen-bond acceptors (Lipinski definition) is 8. The number of nitrogens with zero attached hydrogens (tertiary/aromatic N) is 1. The minimum atomic E-state index is -1.51. The molecule has 0 aliphatic carbocycles. The minimum absolute atomic E-state index is 0.0268. The molecule has 3 amide bonds. The van der Waals surface area contributed by atoms with Crippen LogP contribution in [0.25, 0.3) is 0 Å². The van der Waals surface area contributed by atoms with E-state index in [-0.39, 0.29) is 18.6 Å². The van der Waals surface area contributed by atoms with Crippen LogP contribution in [0.2, 0.25) is 0 Å². The number of carboxylic acids is 1. The fraction of sp³-hybridized carbons (Fsp3) is 0.350. The van der Waals surface area contributed by atoms with Crippen molar-refractivity contribution < 1.29 is 34.5 Å².